The van der Waals surface area contributed by atoms with E-state index in [0.29, 0.717) is 6.42 Å². The molecule has 110 valence electrons. The number of benzene rings is 1. The van der Waals surface area contributed by atoms with Gasteiger partial charge < -0.3 is 15.2 Å². The summed E-state index contributed by atoms with van der Waals surface area (Å²) in [5.74, 6) is -3.34. The number of aliphatic hydroxyl groups is 1. The van der Waals surface area contributed by atoms with Crippen molar-refractivity contribution >= 4 is 6.09 Å². The van der Waals surface area contributed by atoms with E-state index in [9.17, 15) is 13.6 Å². The minimum absolute atomic E-state index is 0.0213. The van der Waals surface area contributed by atoms with Crippen LogP contribution in [-0.4, -0.2) is 29.3 Å². The number of aliphatic hydroxyl groups excluding tert-OH is 1. The van der Waals surface area contributed by atoms with Crippen LogP contribution in [0.4, 0.5) is 13.6 Å². The van der Waals surface area contributed by atoms with Crippen LogP contribution < -0.4 is 5.32 Å². The number of alkyl carbamates (subject to hydrolysis) is 1. The Morgan fingerprint density at radius 1 is 1.35 bits per heavy atom. The zero-order valence-electron chi connectivity index (χ0n) is 10.9. The first kappa shape index (κ1) is 14.7. The van der Waals surface area contributed by atoms with E-state index < -0.39 is 24.2 Å². The number of ether oxygens (including phenoxy) is 1. The lowest BCUT2D eigenvalue weighted by atomic mass is 9.72. The van der Waals surface area contributed by atoms with Gasteiger partial charge in [0.1, 0.15) is 18.8 Å². The van der Waals surface area contributed by atoms with Gasteiger partial charge in [0, 0.05) is 0 Å². The van der Waals surface area contributed by atoms with Crippen LogP contribution in [0.3, 0.4) is 0 Å². The van der Waals surface area contributed by atoms with Crippen LogP contribution in [0.1, 0.15) is 24.8 Å². The van der Waals surface area contributed by atoms with Crippen LogP contribution >= 0.6 is 0 Å². The van der Waals surface area contributed by atoms with Crippen molar-refractivity contribution in [3.05, 3.63) is 35.9 Å². The molecule has 0 radical (unpaired) electrons. The van der Waals surface area contributed by atoms with Crippen molar-refractivity contribution in [2.45, 2.75) is 37.3 Å². The molecule has 1 amide bonds. The Kier molecular flexibility index (Phi) is 4.23. The van der Waals surface area contributed by atoms with Gasteiger partial charge in [-0.05, 0) is 24.8 Å². The van der Waals surface area contributed by atoms with E-state index in [1.807, 2.05) is 6.07 Å². The molecule has 2 N–H and O–H groups in total. The number of hydrogen-bond acceptors (Lipinski definition) is 3. The number of nitrogens with one attached hydrogen (secondary N) is 1. The van der Waals surface area contributed by atoms with Crippen molar-refractivity contribution in [1.29, 1.82) is 0 Å². The third-order valence-corrected chi connectivity index (χ3v) is 3.66. The second-order valence-electron chi connectivity index (χ2n) is 4.98. The lowest BCUT2D eigenvalue weighted by molar-refractivity contribution is -0.148. The van der Waals surface area contributed by atoms with Gasteiger partial charge in [-0.2, -0.15) is 0 Å². The van der Waals surface area contributed by atoms with E-state index in [1.165, 1.54) is 0 Å². The molecule has 1 aliphatic carbocycles. The van der Waals surface area contributed by atoms with Crippen LogP contribution in [0.2, 0.25) is 0 Å². The number of carbonyl (C=O) groups excluding carboxylic acids is 1. The third kappa shape index (κ3) is 2.90. The highest BCUT2D eigenvalue weighted by Crippen LogP contribution is 2.44. The first-order valence-electron chi connectivity index (χ1n) is 6.47. The summed E-state index contributed by atoms with van der Waals surface area (Å²) in [5, 5.41) is 11.0. The van der Waals surface area contributed by atoms with Gasteiger partial charge >= 0.3 is 6.09 Å². The predicted molar refractivity (Wildman–Crippen MR) is 68.4 cm³/mol. The maximum absolute atomic E-state index is 13.7. The minimum atomic E-state index is -3.34. The molecule has 4 nitrogen and oxygen atoms in total. The summed E-state index contributed by atoms with van der Waals surface area (Å²) in [7, 11) is 0. The van der Waals surface area contributed by atoms with Crippen molar-refractivity contribution in [2.24, 2.45) is 0 Å². The van der Waals surface area contributed by atoms with E-state index in [2.05, 4.69) is 5.32 Å². The average molecular weight is 285 g/mol. The van der Waals surface area contributed by atoms with Gasteiger partial charge in [0.25, 0.3) is 5.92 Å². The lowest BCUT2D eigenvalue weighted by Gasteiger charge is -2.46. The molecule has 0 aliphatic heterocycles. The highest BCUT2D eigenvalue weighted by atomic mass is 19.3. The Balaban J connectivity index is 1.90. The van der Waals surface area contributed by atoms with Crippen molar-refractivity contribution in [3.8, 4) is 0 Å². The van der Waals surface area contributed by atoms with Crippen LogP contribution in [0.15, 0.2) is 30.3 Å². The molecule has 1 fully saturated rings. The molecule has 20 heavy (non-hydrogen) atoms. The smallest absolute Gasteiger partial charge is 0.408 e. The summed E-state index contributed by atoms with van der Waals surface area (Å²) in [4.78, 5) is 11.6. The van der Waals surface area contributed by atoms with Crippen molar-refractivity contribution in [2.75, 3.05) is 6.61 Å². The normalized spacial score (nSPS) is 17.1. The van der Waals surface area contributed by atoms with Crippen LogP contribution in [-0.2, 0) is 11.3 Å². The highest BCUT2D eigenvalue weighted by molar-refractivity contribution is 5.68. The van der Waals surface area contributed by atoms with Gasteiger partial charge in [0.05, 0.1) is 0 Å². The van der Waals surface area contributed by atoms with Crippen LogP contribution in [0.5, 0.6) is 0 Å². The second-order valence-corrected chi connectivity index (χ2v) is 4.98. The fraction of sp³-hybridized carbons (Fsp3) is 0.500. The molecule has 1 aromatic rings. The van der Waals surface area contributed by atoms with Crippen LogP contribution in [0, 0.1) is 0 Å². The number of hydrogen-bond donors (Lipinski definition) is 2. The summed E-state index contributed by atoms with van der Waals surface area (Å²) in [6.07, 6.45) is -0.0158. The largest absolute Gasteiger partial charge is 0.445 e. The summed E-state index contributed by atoms with van der Waals surface area (Å²) in [6, 6.07) is 8.96. The minimum Gasteiger partial charge on any atom is -0.445 e. The van der Waals surface area contributed by atoms with E-state index in [-0.39, 0.29) is 19.4 Å². The van der Waals surface area contributed by atoms with Gasteiger partial charge in [-0.3, -0.25) is 0 Å². The highest BCUT2D eigenvalue weighted by Gasteiger charge is 2.58. The molecule has 0 bridgehead atoms. The summed E-state index contributed by atoms with van der Waals surface area (Å²) < 4.78 is 32.2. The van der Waals surface area contributed by atoms with Crippen molar-refractivity contribution < 1.29 is 23.4 Å². The molecule has 0 atom stereocenters. The molecule has 0 unspecified atom stereocenters. The Morgan fingerprint density at radius 3 is 2.50 bits per heavy atom. The maximum Gasteiger partial charge on any atom is 0.408 e. The third-order valence-electron chi connectivity index (χ3n) is 3.66. The zero-order valence-corrected chi connectivity index (χ0v) is 10.9. The van der Waals surface area contributed by atoms with Gasteiger partial charge in [0.2, 0.25) is 0 Å². The molecule has 1 saturated carbocycles. The molecule has 0 heterocycles. The molecule has 0 aromatic heterocycles. The van der Waals surface area contributed by atoms with E-state index >= 15 is 0 Å². The molecule has 0 saturated heterocycles. The average Bonchev–Trinajstić information content (AvgIpc) is 2.41. The first-order valence-corrected chi connectivity index (χ1v) is 6.47. The number of amides is 1. The second kappa shape index (κ2) is 5.75. The quantitative estimate of drug-likeness (QED) is 0.873. The Hall–Kier alpha value is -1.69. The monoisotopic (exact) mass is 285 g/mol. The number of alkyl halides is 2. The summed E-state index contributed by atoms with van der Waals surface area (Å²) >= 11 is 0. The Morgan fingerprint density at radius 2 is 2.00 bits per heavy atom. The molecule has 2 rings (SSSR count). The first-order chi connectivity index (χ1) is 9.49. The van der Waals surface area contributed by atoms with E-state index in [0.717, 1.165) is 5.56 Å². The molecular formula is C14H17F2NO3. The van der Waals surface area contributed by atoms with Crippen LogP contribution in [0.25, 0.3) is 0 Å². The Labute approximate surface area is 115 Å². The zero-order chi connectivity index (χ0) is 14.6. The number of rotatable bonds is 5. The molecule has 1 aliphatic rings. The Bertz CT molecular complexity index is 461. The number of carbonyl (C=O) groups is 1. The summed E-state index contributed by atoms with van der Waals surface area (Å²) in [6.45, 7) is -1.26. The lowest BCUT2D eigenvalue weighted by Crippen LogP contribution is -2.65. The molecular weight excluding hydrogens is 268 g/mol. The topological polar surface area (TPSA) is 58.6 Å². The van der Waals surface area contributed by atoms with Crippen molar-refractivity contribution in [3.63, 3.8) is 0 Å². The SMILES string of the molecule is O=C(NC1(C(F)(F)CO)CCC1)OCc1ccccc1. The van der Waals surface area contributed by atoms with Gasteiger partial charge in [-0.25, -0.2) is 13.6 Å². The molecule has 6 heteroatoms. The standard InChI is InChI=1S/C14H17F2NO3/c15-14(16,10-18)13(7-4-8-13)17-12(19)20-9-11-5-2-1-3-6-11/h1-3,5-6,18H,4,7-10H2,(H,17,19). The number of halogens is 2. The fourth-order valence-electron chi connectivity index (χ4n) is 2.22. The van der Waals surface area contributed by atoms with Gasteiger partial charge in [0.15, 0.2) is 0 Å². The molecule has 0 spiro atoms. The fourth-order valence-corrected chi connectivity index (χ4v) is 2.22. The van der Waals surface area contributed by atoms with E-state index in [4.69, 9.17) is 9.84 Å². The van der Waals surface area contributed by atoms with Gasteiger partial charge in [-0.1, -0.05) is 30.3 Å². The summed E-state index contributed by atoms with van der Waals surface area (Å²) in [5.41, 5.74) is -0.894. The van der Waals surface area contributed by atoms with Gasteiger partial charge in [-0.15, -0.1) is 0 Å². The predicted octanol–water partition coefficient (Wildman–Crippen LogP) is 2.46. The van der Waals surface area contributed by atoms with E-state index in [1.54, 1.807) is 24.3 Å². The van der Waals surface area contributed by atoms with Crippen molar-refractivity contribution in [1.82, 2.24) is 5.32 Å². The maximum atomic E-state index is 13.7. The molecule has 1 aromatic carbocycles.